The SMILES string of the molecule is CCNC(CSc1cccc(F)c1)Cc1ccccc1Br. The smallest absolute Gasteiger partial charge is 0.124 e. The van der Waals surface area contributed by atoms with E-state index in [0.717, 1.165) is 28.1 Å². The molecule has 1 atom stereocenters. The van der Waals surface area contributed by atoms with Gasteiger partial charge in [-0.2, -0.15) is 0 Å². The first-order chi connectivity index (χ1) is 10.2. The molecule has 0 aliphatic rings. The van der Waals surface area contributed by atoms with Crippen LogP contribution >= 0.6 is 27.7 Å². The summed E-state index contributed by atoms with van der Waals surface area (Å²) >= 11 is 5.29. The van der Waals surface area contributed by atoms with Gasteiger partial charge in [-0.1, -0.05) is 47.1 Å². The zero-order valence-corrected chi connectivity index (χ0v) is 14.4. The van der Waals surface area contributed by atoms with Crippen LogP contribution in [-0.2, 0) is 6.42 Å². The van der Waals surface area contributed by atoms with E-state index in [1.807, 2.05) is 12.1 Å². The minimum Gasteiger partial charge on any atom is -0.313 e. The van der Waals surface area contributed by atoms with E-state index >= 15 is 0 Å². The molecule has 0 saturated carbocycles. The third kappa shape index (κ3) is 5.46. The Morgan fingerprint density at radius 2 is 2.00 bits per heavy atom. The summed E-state index contributed by atoms with van der Waals surface area (Å²) in [7, 11) is 0. The summed E-state index contributed by atoms with van der Waals surface area (Å²) in [4.78, 5) is 0.977. The molecule has 0 aliphatic heterocycles. The lowest BCUT2D eigenvalue weighted by Gasteiger charge is -2.18. The van der Waals surface area contributed by atoms with Gasteiger partial charge in [0, 0.05) is 21.2 Å². The summed E-state index contributed by atoms with van der Waals surface area (Å²) < 4.78 is 14.3. The molecule has 112 valence electrons. The average Bonchev–Trinajstić information content (AvgIpc) is 2.47. The molecule has 1 unspecified atom stereocenters. The molecule has 21 heavy (non-hydrogen) atoms. The Balaban J connectivity index is 1.97. The Kier molecular flexibility index (Phi) is 6.74. The molecule has 0 spiro atoms. The number of hydrogen-bond acceptors (Lipinski definition) is 2. The van der Waals surface area contributed by atoms with Gasteiger partial charge in [-0.05, 0) is 42.8 Å². The third-order valence-electron chi connectivity index (χ3n) is 3.16. The van der Waals surface area contributed by atoms with Gasteiger partial charge in [-0.25, -0.2) is 4.39 Å². The number of rotatable bonds is 7. The molecule has 0 amide bonds. The van der Waals surface area contributed by atoms with Crippen LogP contribution in [0.15, 0.2) is 57.9 Å². The van der Waals surface area contributed by atoms with Gasteiger partial charge < -0.3 is 5.32 Å². The predicted octanol–water partition coefficient (Wildman–Crippen LogP) is 4.90. The van der Waals surface area contributed by atoms with Gasteiger partial charge in [0.25, 0.3) is 0 Å². The van der Waals surface area contributed by atoms with Crippen LogP contribution in [0.3, 0.4) is 0 Å². The molecule has 0 aliphatic carbocycles. The molecule has 0 fully saturated rings. The van der Waals surface area contributed by atoms with Crippen LogP contribution in [0.1, 0.15) is 12.5 Å². The molecule has 4 heteroatoms. The summed E-state index contributed by atoms with van der Waals surface area (Å²) in [5.74, 6) is 0.740. The second kappa shape index (κ2) is 8.57. The first kappa shape index (κ1) is 16.5. The number of nitrogens with one attached hydrogen (secondary N) is 1. The topological polar surface area (TPSA) is 12.0 Å². The van der Waals surface area contributed by atoms with E-state index in [0.29, 0.717) is 6.04 Å². The molecule has 2 rings (SSSR count). The van der Waals surface area contributed by atoms with Gasteiger partial charge >= 0.3 is 0 Å². The van der Waals surface area contributed by atoms with Crippen LogP contribution in [0.25, 0.3) is 0 Å². The van der Waals surface area contributed by atoms with Crippen LogP contribution in [0.4, 0.5) is 4.39 Å². The van der Waals surface area contributed by atoms with Crippen LogP contribution in [-0.4, -0.2) is 18.3 Å². The van der Waals surface area contributed by atoms with Crippen molar-refractivity contribution in [2.45, 2.75) is 24.3 Å². The van der Waals surface area contributed by atoms with Gasteiger partial charge in [0.2, 0.25) is 0 Å². The summed E-state index contributed by atoms with van der Waals surface area (Å²) in [6.45, 7) is 3.04. The monoisotopic (exact) mass is 367 g/mol. The molecular formula is C17H19BrFNS. The highest BCUT2D eigenvalue weighted by molar-refractivity contribution is 9.10. The predicted molar refractivity (Wildman–Crippen MR) is 92.4 cm³/mol. The lowest BCUT2D eigenvalue weighted by molar-refractivity contribution is 0.571. The maximum atomic E-state index is 13.2. The van der Waals surface area contributed by atoms with Gasteiger partial charge in [0.05, 0.1) is 0 Å². The van der Waals surface area contributed by atoms with Crippen molar-refractivity contribution in [3.8, 4) is 0 Å². The lowest BCUT2D eigenvalue weighted by atomic mass is 10.1. The standard InChI is InChI=1S/C17H19BrFNS/c1-2-20-15(10-13-6-3-4-9-17(13)18)12-21-16-8-5-7-14(19)11-16/h3-9,11,15,20H,2,10,12H2,1H3. The molecular weight excluding hydrogens is 349 g/mol. The van der Waals surface area contributed by atoms with Crippen molar-refractivity contribution >= 4 is 27.7 Å². The van der Waals surface area contributed by atoms with E-state index in [1.165, 1.54) is 11.6 Å². The van der Waals surface area contributed by atoms with Crippen LogP contribution in [0.2, 0.25) is 0 Å². The van der Waals surface area contributed by atoms with Crippen molar-refractivity contribution in [1.29, 1.82) is 0 Å². The Bertz CT molecular complexity index is 576. The Hall–Kier alpha value is -0.840. The van der Waals surface area contributed by atoms with E-state index in [9.17, 15) is 4.39 Å². The Morgan fingerprint density at radius 3 is 2.71 bits per heavy atom. The van der Waals surface area contributed by atoms with Crippen LogP contribution in [0.5, 0.6) is 0 Å². The molecule has 1 nitrogen and oxygen atoms in total. The highest BCUT2D eigenvalue weighted by atomic mass is 79.9. The number of thioether (sulfide) groups is 1. The third-order valence-corrected chi connectivity index (χ3v) is 5.09. The normalized spacial score (nSPS) is 12.3. The van der Waals surface area contributed by atoms with Crippen LogP contribution in [0, 0.1) is 5.82 Å². The zero-order valence-electron chi connectivity index (χ0n) is 12.0. The summed E-state index contributed by atoms with van der Waals surface area (Å²) in [6.07, 6.45) is 0.956. The van der Waals surface area contributed by atoms with E-state index in [1.54, 1.807) is 23.9 Å². The average molecular weight is 368 g/mol. The van der Waals surface area contributed by atoms with E-state index in [4.69, 9.17) is 0 Å². The zero-order chi connectivity index (χ0) is 15.1. The number of likely N-dealkylation sites (N-methyl/N-ethyl adjacent to an activating group) is 1. The van der Waals surface area contributed by atoms with Gasteiger partial charge in [0.1, 0.15) is 5.82 Å². The number of benzene rings is 2. The van der Waals surface area contributed by atoms with Crippen molar-refractivity contribution in [2.75, 3.05) is 12.3 Å². The van der Waals surface area contributed by atoms with Gasteiger partial charge in [-0.15, -0.1) is 11.8 Å². The van der Waals surface area contributed by atoms with Crippen molar-refractivity contribution in [3.63, 3.8) is 0 Å². The second-order valence-electron chi connectivity index (χ2n) is 4.82. The molecule has 0 radical (unpaired) electrons. The quantitative estimate of drug-likeness (QED) is 0.698. The molecule has 0 aromatic heterocycles. The highest BCUT2D eigenvalue weighted by Gasteiger charge is 2.11. The molecule has 2 aromatic rings. The molecule has 0 heterocycles. The minimum atomic E-state index is -0.175. The van der Waals surface area contributed by atoms with Crippen molar-refractivity contribution in [1.82, 2.24) is 5.32 Å². The first-order valence-corrected chi connectivity index (χ1v) is 8.82. The highest BCUT2D eigenvalue weighted by Crippen LogP contribution is 2.22. The minimum absolute atomic E-state index is 0.175. The van der Waals surface area contributed by atoms with E-state index < -0.39 is 0 Å². The number of halogens is 2. The molecule has 0 saturated heterocycles. The van der Waals surface area contributed by atoms with Crippen molar-refractivity contribution < 1.29 is 4.39 Å². The summed E-state index contributed by atoms with van der Waals surface area (Å²) in [5, 5.41) is 3.51. The van der Waals surface area contributed by atoms with Gasteiger partial charge in [-0.3, -0.25) is 0 Å². The van der Waals surface area contributed by atoms with E-state index in [2.05, 4.69) is 46.4 Å². The largest absolute Gasteiger partial charge is 0.313 e. The fourth-order valence-corrected chi connectivity index (χ4v) is 3.61. The Labute approximate surface area is 138 Å². The molecule has 0 bridgehead atoms. The first-order valence-electron chi connectivity index (χ1n) is 7.04. The maximum Gasteiger partial charge on any atom is 0.124 e. The van der Waals surface area contributed by atoms with E-state index in [-0.39, 0.29) is 5.82 Å². The molecule has 2 aromatic carbocycles. The Morgan fingerprint density at radius 1 is 1.19 bits per heavy atom. The molecule has 1 N–H and O–H groups in total. The van der Waals surface area contributed by atoms with Crippen molar-refractivity contribution in [3.05, 3.63) is 64.4 Å². The lowest BCUT2D eigenvalue weighted by Crippen LogP contribution is -2.33. The number of hydrogen-bond donors (Lipinski definition) is 1. The second-order valence-corrected chi connectivity index (χ2v) is 6.77. The van der Waals surface area contributed by atoms with Crippen LogP contribution < -0.4 is 5.32 Å². The summed E-state index contributed by atoms with van der Waals surface area (Å²) in [6, 6.07) is 15.4. The van der Waals surface area contributed by atoms with Crippen molar-refractivity contribution in [2.24, 2.45) is 0 Å². The maximum absolute atomic E-state index is 13.2. The summed E-state index contributed by atoms with van der Waals surface area (Å²) in [5.41, 5.74) is 1.29. The fourth-order valence-electron chi connectivity index (χ4n) is 2.16. The van der Waals surface area contributed by atoms with Gasteiger partial charge in [0.15, 0.2) is 0 Å². The fraction of sp³-hybridized carbons (Fsp3) is 0.294.